The average molecular weight is 325 g/mol. The topological polar surface area (TPSA) is 46.2 Å². The molecule has 0 aliphatic heterocycles. The Morgan fingerprint density at radius 3 is 2.05 bits per heavy atom. The highest BCUT2D eigenvalue weighted by atomic mass is 32.2. The fraction of sp³-hybridized carbons (Fsp3) is 0.333. The summed E-state index contributed by atoms with van der Waals surface area (Å²) in [4.78, 5) is -1.60. The molecule has 0 bridgehead atoms. The van der Waals surface area contributed by atoms with E-state index in [1.165, 1.54) is 5.32 Å². The lowest BCUT2D eigenvalue weighted by Crippen LogP contribution is -2.26. The van der Waals surface area contributed by atoms with Crippen molar-refractivity contribution in [3.63, 3.8) is 0 Å². The van der Waals surface area contributed by atoms with Gasteiger partial charge in [-0.05, 0) is 18.2 Å². The Kier molecular flexibility index (Phi) is 4.22. The minimum atomic E-state index is -5.97. The second kappa shape index (κ2) is 5.11. The molecule has 114 valence electrons. The summed E-state index contributed by atoms with van der Waals surface area (Å²) in [5.74, 6) is -1.33. The molecule has 0 saturated heterocycles. The lowest BCUT2D eigenvalue weighted by molar-refractivity contribution is -0.115. The number of alkyl halides is 6. The predicted molar refractivity (Wildman–Crippen MR) is 54.2 cm³/mol. The first-order valence-electron chi connectivity index (χ1n) is 4.76. The summed E-state index contributed by atoms with van der Waals surface area (Å²) in [6.45, 7) is -1.76. The van der Waals surface area contributed by atoms with Gasteiger partial charge in [-0.1, -0.05) is 0 Å². The first-order chi connectivity index (χ1) is 8.84. The second-order valence-electron chi connectivity index (χ2n) is 3.56. The molecule has 0 radical (unpaired) electrons. The van der Waals surface area contributed by atoms with Crippen LogP contribution in [-0.2, 0) is 9.84 Å². The maximum Gasteiger partial charge on any atom is 0.501 e. The number of hydrogen-bond acceptors (Lipinski definition) is 3. The van der Waals surface area contributed by atoms with Gasteiger partial charge in [0.2, 0.25) is 0 Å². The van der Waals surface area contributed by atoms with Gasteiger partial charge in [0.25, 0.3) is 9.84 Å². The SMILES string of the molecule is O=S(=O)(c1cc(F)ccc1NCC(F)(F)F)C(F)(F)F. The van der Waals surface area contributed by atoms with Crippen molar-refractivity contribution in [2.75, 3.05) is 11.9 Å². The summed E-state index contributed by atoms with van der Waals surface area (Å²) in [5, 5.41) is 1.49. The largest absolute Gasteiger partial charge is 0.501 e. The van der Waals surface area contributed by atoms with Gasteiger partial charge in [-0.15, -0.1) is 0 Å². The van der Waals surface area contributed by atoms with E-state index in [4.69, 9.17) is 0 Å². The van der Waals surface area contributed by atoms with Gasteiger partial charge >= 0.3 is 11.7 Å². The Hall–Kier alpha value is -1.52. The van der Waals surface area contributed by atoms with Crippen LogP contribution < -0.4 is 5.32 Å². The molecule has 3 nitrogen and oxygen atoms in total. The van der Waals surface area contributed by atoms with E-state index in [9.17, 15) is 39.2 Å². The minimum Gasteiger partial charge on any atom is -0.375 e. The number of benzene rings is 1. The average Bonchev–Trinajstić information content (AvgIpc) is 2.24. The van der Waals surface area contributed by atoms with Gasteiger partial charge in [-0.3, -0.25) is 0 Å². The number of sulfone groups is 1. The summed E-state index contributed by atoms with van der Waals surface area (Å²) in [5.41, 5.74) is -6.74. The summed E-state index contributed by atoms with van der Waals surface area (Å²) < 4.78 is 108. The van der Waals surface area contributed by atoms with Crippen LogP contribution in [0, 0.1) is 5.82 Å². The predicted octanol–water partition coefficient (Wildman–Crippen LogP) is 3.09. The third-order valence-electron chi connectivity index (χ3n) is 2.02. The fourth-order valence-electron chi connectivity index (χ4n) is 1.18. The van der Waals surface area contributed by atoms with Gasteiger partial charge in [-0.2, -0.15) is 26.3 Å². The van der Waals surface area contributed by atoms with Gasteiger partial charge in [0.05, 0.1) is 5.69 Å². The molecule has 1 aromatic carbocycles. The lowest BCUT2D eigenvalue weighted by Gasteiger charge is -2.15. The van der Waals surface area contributed by atoms with E-state index in [1.54, 1.807) is 0 Å². The van der Waals surface area contributed by atoms with Crippen molar-refractivity contribution < 1.29 is 39.2 Å². The summed E-state index contributed by atoms with van der Waals surface area (Å²) in [7, 11) is -5.97. The number of hydrogen-bond donors (Lipinski definition) is 1. The van der Waals surface area contributed by atoms with E-state index in [1.807, 2.05) is 0 Å². The van der Waals surface area contributed by atoms with Crippen molar-refractivity contribution in [2.24, 2.45) is 0 Å². The highest BCUT2D eigenvalue weighted by Crippen LogP contribution is 2.35. The van der Waals surface area contributed by atoms with E-state index < -0.39 is 44.5 Å². The first-order valence-corrected chi connectivity index (χ1v) is 6.24. The monoisotopic (exact) mass is 325 g/mol. The Balaban J connectivity index is 3.29. The van der Waals surface area contributed by atoms with Gasteiger partial charge in [0.15, 0.2) is 0 Å². The van der Waals surface area contributed by atoms with E-state index in [0.29, 0.717) is 12.1 Å². The molecule has 20 heavy (non-hydrogen) atoms. The van der Waals surface area contributed by atoms with Crippen LogP contribution in [-0.4, -0.2) is 26.6 Å². The standard InChI is InChI=1S/C9H6F7NO2S/c10-5-1-2-6(17-4-8(11,12)13)7(3-5)20(18,19)9(14,15)16/h1-3,17H,4H2. The van der Waals surface area contributed by atoms with Crippen LogP contribution in [0.1, 0.15) is 0 Å². The highest BCUT2D eigenvalue weighted by Gasteiger charge is 2.48. The molecule has 0 aliphatic rings. The van der Waals surface area contributed by atoms with Crippen LogP contribution in [0.25, 0.3) is 0 Å². The maximum atomic E-state index is 12.9. The fourth-order valence-corrected chi connectivity index (χ4v) is 2.13. The molecule has 0 aliphatic carbocycles. The van der Waals surface area contributed by atoms with Crippen LogP contribution in [0.4, 0.5) is 36.4 Å². The summed E-state index contributed by atoms with van der Waals surface area (Å²) in [6.07, 6.45) is -4.78. The molecule has 0 fully saturated rings. The quantitative estimate of drug-likeness (QED) is 0.869. The van der Waals surface area contributed by atoms with Crippen molar-refractivity contribution in [2.45, 2.75) is 16.6 Å². The molecule has 0 heterocycles. The molecule has 0 unspecified atom stereocenters. The number of nitrogens with one attached hydrogen (secondary N) is 1. The van der Waals surface area contributed by atoms with E-state index >= 15 is 0 Å². The van der Waals surface area contributed by atoms with E-state index in [-0.39, 0.29) is 6.07 Å². The van der Waals surface area contributed by atoms with Crippen LogP contribution >= 0.6 is 0 Å². The smallest absolute Gasteiger partial charge is 0.375 e. The molecule has 1 rings (SSSR count). The Morgan fingerprint density at radius 1 is 1.05 bits per heavy atom. The van der Waals surface area contributed by atoms with E-state index in [0.717, 1.165) is 0 Å². The van der Waals surface area contributed by atoms with Crippen molar-refractivity contribution >= 4 is 15.5 Å². The molecule has 0 aromatic heterocycles. The molecule has 1 aromatic rings. The number of anilines is 1. The van der Waals surface area contributed by atoms with Crippen LogP contribution in [0.3, 0.4) is 0 Å². The normalized spacial score (nSPS) is 13.3. The Bertz CT molecular complexity index is 591. The molecule has 0 saturated carbocycles. The first kappa shape index (κ1) is 16.5. The van der Waals surface area contributed by atoms with Crippen LogP contribution in [0.15, 0.2) is 23.1 Å². The second-order valence-corrected chi connectivity index (χ2v) is 5.47. The minimum absolute atomic E-state index is 0.00152. The number of halogens is 7. The van der Waals surface area contributed by atoms with Gasteiger partial charge in [-0.25, -0.2) is 12.8 Å². The third kappa shape index (κ3) is 3.74. The molecule has 0 atom stereocenters. The van der Waals surface area contributed by atoms with Gasteiger partial charge in [0.1, 0.15) is 17.3 Å². The molecular weight excluding hydrogens is 319 g/mol. The Morgan fingerprint density at radius 2 is 1.60 bits per heavy atom. The molecule has 1 N–H and O–H groups in total. The molecular formula is C9H6F7NO2S. The lowest BCUT2D eigenvalue weighted by atomic mass is 10.3. The maximum absolute atomic E-state index is 12.9. The highest BCUT2D eigenvalue weighted by molar-refractivity contribution is 7.92. The molecule has 0 amide bonds. The third-order valence-corrected chi connectivity index (χ3v) is 3.54. The van der Waals surface area contributed by atoms with E-state index in [2.05, 4.69) is 0 Å². The van der Waals surface area contributed by atoms with Gasteiger partial charge in [0, 0.05) is 0 Å². The zero-order valence-corrected chi connectivity index (χ0v) is 10.1. The van der Waals surface area contributed by atoms with Gasteiger partial charge < -0.3 is 5.32 Å². The zero-order chi connectivity index (χ0) is 15.8. The van der Waals surface area contributed by atoms with Crippen LogP contribution in [0.2, 0.25) is 0 Å². The summed E-state index contributed by atoms with van der Waals surface area (Å²) >= 11 is 0. The summed E-state index contributed by atoms with van der Waals surface area (Å²) in [6, 6.07) is 1.02. The van der Waals surface area contributed by atoms with Crippen LogP contribution in [0.5, 0.6) is 0 Å². The number of rotatable bonds is 3. The molecule has 0 spiro atoms. The van der Waals surface area contributed by atoms with Crippen molar-refractivity contribution in [3.05, 3.63) is 24.0 Å². The Labute approximate surface area is 108 Å². The van der Waals surface area contributed by atoms with Crippen molar-refractivity contribution in [1.29, 1.82) is 0 Å². The van der Waals surface area contributed by atoms with Crippen molar-refractivity contribution in [3.8, 4) is 0 Å². The van der Waals surface area contributed by atoms with Crippen molar-refractivity contribution in [1.82, 2.24) is 0 Å². The zero-order valence-electron chi connectivity index (χ0n) is 9.31. The molecule has 11 heteroatoms.